The monoisotopic (exact) mass is 449 g/mol. The van der Waals surface area contributed by atoms with Gasteiger partial charge in [0.1, 0.15) is 12.4 Å². The van der Waals surface area contributed by atoms with Crippen LogP contribution in [-0.4, -0.2) is 54.6 Å². The van der Waals surface area contributed by atoms with Crippen molar-refractivity contribution in [3.05, 3.63) is 95.3 Å². The molecule has 0 radical (unpaired) electrons. The second kappa shape index (κ2) is 11.5. The van der Waals surface area contributed by atoms with Gasteiger partial charge in [0, 0.05) is 24.3 Å². The fraction of sp³-hybridized carbons (Fsp3) is 0.370. The molecule has 3 aromatic rings. The number of hydrogen-bond acceptors (Lipinski definition) is 4. The number of pyridine rings is 1. The fourth-order valence-electron chi connectivity index (χ4n) is 4.55. The summed E-state index contributed by atoms with van der Waals surface area (Å²) < 4.78 is 5.87. The van der Waals surface area contributed by atoms with E-state index in [1.165, 1.54) is 18.4 Å². The summed E-state index contributed by atoms with van der Waals surface area (Å²) in [6, 6.07) is 24.5. The number of para-hydroxylation sites is 1. The number of ether oxygens (including phenoxy) is 1. The highest BCUT2D eigenvalue weighted by Gasteiger charge is 2.25. The maximum absolute atomic E-state index is 6.14. The predicted molar refractivity (Wildman–Crippen MR) is 131 cm³/mol. The van der Waals surface area contributed by atoms with Gasteiger partial charge in [-0.1, -0.05) is 48.0 Å². The Bertz CT molecular complexity index is 928. The van der Waals surface area contributed by atoms with Gasteiger partial charge in [0.05, 0.1) is 11.7 Å². The zero-order valence-electron chi connectivity index (χ0n) is 18.7. The van der Waals surface area contributed by atoms with Crippen LogP contribution < -0.4 is 4.74 Å². The minimum absolute atomic E-state index is 0.130. The van der Waals surface area contributed by atoms with Crippen LogP contribution in [0.3, 0.4) is 0 Å². The molecule has 1 aromatic heterocycles. The average molecular weight is 450 g/mol. The van der Waals surface area contributed by atoms with Gasteiger partial charge in [-0.2, -0.15) is 0 Å². The van der Waals surface area contributed by atoms with E-state index < -0.39 is 0 Å². The molecule has 4 rings (SSSR count). The summed E-state index contributed by atoms with van der Waals surface area (Å²) in [5, 5.41) is 0.764. The molecule has 1 fully saturated rings. The predicted octanol–water partition coefficient (Wildman–Crippen LogP) is 5.55. The van der Waals surface area contributed by atoms with E-state index in [9.17, 15) is 0 Å². The highest BCUT2D eigenvalue weighted by molar-refractivity contribution is 6.30. The third kappa shape index (κ3) is 6.32. The van der Waals surface area contributed by atoms with Gasteiger partial charge in [0.15, 0.2) is 0 Å². The molecule has 0 unspecified atom stereocenters. The van der Waals surface area contributed by atoms with E-state index >= 15 is 0 Å². The SMILES string of the molecule is CN(CC1CCN(CCOc2ccccc2)CC1)[C@H](c1ccc(Cl)cc1)c1ccccn1. The number of nitrogens with zero attached hydrogens (tertiary/aromatic N) is 3. The van der Waals surface area contributed by atoms with E-state index in [-0.39, 0.29) is 6.04 Å². The number of likely N-dealkylation sites (tertiary alicyclic amines) is 1. The lowest BCUT2D eigenvalue weighted by Crippen LogP contribution is -2.40. The van der Waals surface area contributed by atoms with Crippen molar-refractivity contribution in [3.63, 3.8) is 0 Å². The summed E-state index contributed by atoms with van der Waals surface area (Å²) in [7, 11) is 2.22. The van der Waals surface area contributed by atoms with Gasteiger partial charge < -0.3 is 4.74 Å². The largest absolute Gasteiger partial charge is 0.492 e. The first-order valence-electron chi connectivity index (χ1n) is 11.5. The van der Waals surface area contributed by atoms with E-state index in [0.717, 1.165) is 49.3 Å². The van der Waals surface area contributed by atoms with Crippen LogP contribution in [0.5, 0.6) is 5.75 Å². The lowest BCUT2D eigenvalue weighted by atomic mass is 9.94. The van der Waals surface area contributed by atoms with Crippen molar-refractivity contribution in [2.45, 2.75) is 18.9 Å². The lowest BCUT2D eigenvalue weighted by Gasteiger charge is -2.36. The van der Waals surface area contributed by atoms with Crippen molar-refractivity contribution < 1.29 is 4.74 Å². The third-order valence-corrected chi connectivity index (χ3v) is 6.52. The third-order valence-electron chi connectivity index (χ3n) is 6.27. The quantitative estimate of drug-likeness (QED) is 0.428. The van der Waals surface area contributed by atoms with Crippen molar-refractivity contribution in [1.82, 2.24) is 14.8 Å². The molecule has 2 aromatic carbocycles. The van der Waals surface area contributed by atoms with Crippen LogP contribution in [0.25, 0.3) is 0 Å². The number of halogens is 1. The topological polar surface area (TPSA) is 28.6 Å². The minimum Gasteiger partial charge on any atom is -0.492 e. The van der Waals surface area contributed by atoms with Gasteiger partial charge >= 0.3 is 0 Å². The molecule has 32 heavy (non-hydrogen) atoms. The number of benzene rings is 2. The molecule has 0 bridgehead atoms. The van der Waals surface area contributed by atoms with Gasteiger partial charge in [-0.3, -0.25) is 14.8 Å². The molecule has 0 spiro atoms. The zero-order chi connectivity index (χ0) is 22.2. The summed E-state index contributed by atoms with van der Waals surface area (Å²) in [6.45, 7) is 5.04. The second-order valence-corrected chi connectivity index (χ2v) is 9.03. The van der Waals surface area contributed by atoms with Crippen LogP contribution in [0.15, 0.2) is 79.0 Å². The molecule has 0 saturated carbocycles. The number of rotatable bonds is 9. The first-order chi connectivity index (χ1) is 15.7. The van der Waals surface area contributed by atoms with Crippen LogP contribution in [-0.2, 0) is 0 Å². The summed E-state index contributed by atoms with van der Waals surface area (Å²) in [5.74, 6) is 1.64. The first-order valence-corrected chi connectivity index (χ1v) is 11.8. The molecule has 168 valence electrons. The summed E-state index contributed by atoms with van der Waals surface area (Å²) in [4.78, 5) is 9.64. The van der Waals surface area contributed by atoms with Gasteiger partial charge in [-0.25, -0.2) is 0 Å². The van der Waals surface area contributed by atoms with Crippen molar-refractivity contribution >= 4 is 11.6 Å². The average Bonchev–Trinajstić information content (AvgIpc) is 2.83. The Morgan fingerprint density at radius 3 is 2.41 bits per heavy atom. The summed E-state index contributed by atoms with van der Waals surface area (Å²) >= 11 is 6.14. The minimum atomic E-state index is 0.130. The molecule has 5 heteroatoms. The zero-order valence-corrected chi connectivity index (χ0v) is 19.5. The van der Waals surface area contributed by atoms with E-state index in [1.807, 2.05) is 54.7 Å². The number of piperidine rings is 1. The van der Waals surface area contributed by atoms with Crippen molar-refractivity contribution in [3.8, 4) is 5.75 Å². The van der Waals surface area contributed by atoms with Gasteiger partial charge in [-0.05, 0) is 80.9 Å². The molecular formula is C27H32ClN3O. The van der Waals surface area contributed by atoms with Gasteiger partial charge in [0.25, 0.3) is 0 Å². The molecule has 2 heterocycles. The Hall–Kier alpha value is -2.40. The van der Waals surface area contributed by atoms with Gasteiger partial charge in [0.2, 0.25) is 0 Å². The lowest BCUT2D eigenvalue weighted by molar-refractivity contribution is 0.127. The van der Waals surface area contributed by atoms with Crippen LogP contribution in [0.1, 0.15) is 30.1 Å². The number of aromatic nitrogens is 1. The smallest absolute Gasteiger partial charge is 0.119 e. The summed E-state index contributed by atoms with van der Waals surface area (Å²) in [6.07, 6.45) is 4.30. The van der Waals surface area contributed by atoms with E-state index in [4.69, 9.17) is 16.3 Å². The highest BCUT2D eigenvalue weighted by Crippen LogP contribution is 2.29. The van der Waals surface area contributed by atoms with E-state index in [2.05, 4.69) is 46.1 Å². The molecule has 0 aliphatic carbocycles. The van der Waals surface area contributed by atoms with Crippen molar-refractivity contribution in [2.75, 3.05) is 39.8 Å². The van der Waals surface area contributed by atoms with E-state index in [0.29, 0.717) is 5.92 Å². The Kier molecular flexibility index (Phi) is 8.16. The molecule has 0 amide bonds. The summed E-state index contributed by atoms with van der Waals surface area (Å²) in [5.41, 5.74) is 2.30. The molecule has 1 aliphatic heterocycles. The van der Waals surface area contributed by atoms with Crippen molar-refractivity contribution in [1.29, 1.82) is 0 Å². The maximum atomic E-state index is 6.14. The van der Waals surface area contributed by atoms with Crippen molar-refractivity contribution in [2.24, 2.45) is 5.92 Å². The molecule has 0 N–H and O–H groups in total. The Morgan fingerprint density at radius 2 is 1.72 bits per heavy atom. The molecule has 1 saturated heterocycles. The number of hydrogen-bond donors (Lipinski definition) is 0. The van der Waals surface area contributed by atoms with E-state index in [1.54, 1.807) is 0 Å². The normalized spacial score (nSPS) is 16.2. The molecule has 4 nitrogen and oxygen atoms in total. The highest BCUT2D eigenvalue weighted by atomic mass is 35.5. The Morgan fingerprint density at radius 1 is 1.00 bits per heavy atom. The standard InChI is InChI=1S/C27H32ClN3O/c1-30(27(26-9-5-6-16-29-26)23-10-12-24(28)13-11-23)21-22-14-17-31(18-15-22)19-20-32-25-7-3-2-4-8-25/h2-13,16,22,27H,14-15,17-21H2,1H3/t27-/m1/s1. The fourth-order valence-corrected chi connectivity index (χ4v) is 4.67. The Balaban J connectivity index is 1.30. The van der Waals surface area contributed by atoms with Crippen LogP contribution in [0.4, 0.5) is 0 Å². The van der Waals surface area contributed by atoms with Crippen LogP contribution in [0, 0.1) is 5.92 Å². The molecule has 1 aliphatic rings. The maximum Gasteiger partial charge on any atom is 0.119 e. The van der Waals surface area contributed by atoms with Crippen LogP contribution in [0.2, 0.25) is 5.02 Å². The first kappa shape index (κ1) is 22.8. The van der Waals surface area contributed by atoms with Crippen LogP contribution >= 0.6 is 11.6 Å². The second-order valence-electron chi connectivity index (χ2n) is 8.59. The Labute approximate surface area is 196 Å². The van der Waals surface area contributed by atoms with Gasteiger partial charge in [-0.15, -0.1) is 0 Å². The molecule has 1 atom stereocenters. The molecular weight excluding hydrogens is 418 g/mol.